The van der Waals surface area contributed by atoms with Gasteiger partial charge in [0.2, 0.25) is 0 Å². The van der Waals surface area contributed by atoms with Crippen LogP contribution in [0.4, 0.5) is 0 Å². The Bertz CT molecular complexity index is 1890. The van der Waals surface area contributed by atoms with Gasteiger partial charge in [-0.15, -0.1) is 0 Å². The predicted octanol–water partition coefficient (Wildman–Crippen LogP) is 8.84. The lowest BCUT2D eigenvalue weighted by molar-refractivity contribution is -0.221. The maximum absolute atomic E-state index is 13.1. The first kappa shape index (κ1) is 41.5. The van der Waals surface area contributed by atoms with Crippen molar-refractivity contribution in [3.8, 4) is 0 Å². The van der Waals surface area contributed by atoms with E-state index >= 15 is 0 Å². The molecule has 4 saturated carbocycles. The van der Waals surface area contributed by atoms with Crippen LogP contribution in [-0.4, -0.2) is 73.2 Å². The number of hydrogen-bond donors (Lipinski definition) is 2. The topological polar surface area (TPSA) is 95.9 Å². The van der Waals surface area contributed by atoms with Gasteiger partial charge in [-0.25, -0.2) is 13.2 Å². The molecule has 7 nitrogen and oxygen atoms in total. The molecule has 8 rings (SSSR count). The zero-order valence-electron chi connectivity index (χ0n) is 36.0. The molecule has 0 radical (unpaired) electrons. The third-order valence-corrected chi connectivity index (χ3v) is 20.0. The normalized spacial score (nSPS) is 42.3. The second-order valence-corrected chi connectivity index (χ2v) is 23.6. The Morgan fingerprint density at radius 1 is 0.895 bits per heavy atom. The largest absolute Gasteiger partial charge is 0.459 e. The molecule has 5 fully saturated rings. The summed E-state index contributed by atoms with van der Waals surface area (Å²) in [6, 6.07) is 9.69. The van der Waals surface area contributed by atoms with E-state index in [-0.39, 0.29) is 33.8 Å². The number of nitrogens with one attached hydrogen (secondary N) is 1. The molecule has 7 aliphatic rings. The number of rotatable bonds is 9. The van der Waals surface area contributed by atoms with Crippen LogP contribution >= 0.6 is 0 Å². The van der Waals surface area contributed by atoms with Crippen molar-refractivity contribution in [3.63, 3.8) is 0 Å². The van der Waals surface area contributed by atoms with Crippen LogP contribution in [0.15, 0.2) is 65.8 Å². The second kappa shape index (κ2) is 14.7. The van der Waals surface area contributed by atoms with Crippen molar-refractivity contribution in [2.45, 2.75) is 136 Å². The van der Waals surface area contributed by atoms with Gasteiger partial charge in [0.15, 0.2) is 15.4 Å². The van der Waals surface area contributed by atoms with Gasteiger partial charge in [-0.1, -0.05) is 89.3 Å². The van der Waals surface area contributed by atoms with E-state index in [1.807, 2.05) is 30.3 Å². The van der Waals surface area contributed by atoms with Gasteiger partial charge in [0.25, 0.3) is 0 Å². The smallest absolute Gasteiger partial charge is 0.338 e. The van der Waals surface area contributed by atoms with Crippen LogP contribution in [0.5, 0.6) is 0 Å². The lowest BCUT2D eigenvalue weighted by Gasteiger charge is -2.72. The number of benzene rings is 1. The van der Waals surface area contributed by atoms with E-state index in [9.17, 15) is 18.3 Å². The number of ether oxygens (including phenoxy) is 1. The highest BCUT2D eigenvalue weighted by Gasteiger charge is 2.70. The highest BCUT2D eigenvalue weighted by Crippen LogP contribution is 2.76. The Hall–Kier alpha value is -2.26. The van der Waals surface area contributed by atoms with Crippen LogP contribution in [0.1, 0.15) is 124 Å². The van der Waals surface area contributed by atoms with E-state index < -0.39 is 21.4 Å². The SMILES string of the molecule is C=C(C)C1CCC2(NCCN3CCS(=O)(=O)CC3)CCC3(C)C(CCC4C5(C)CC=C(C6=CCC(O)(C(=O)OCc7ccccc7)CC6)C(C)(C)C5CCC43C)C12. The fraction of sp³-hybridized carbons (Fsp3) is 0.735. The summed E-state index contributed by atoms with van der Waals surface area (Å²) in [6.07, 6.45) is 17.3. The summed E-state index contributed by atoms with van der Waals surface area (Å²) in [5, 5.41) is 15.7. The zero-order valence-corrected chi connectivity index (χ0v) is 36.8. The van der Waals surface area contributed by atoms with Crippen LogP contribution in [0.3, 0.4) is 0 Å². The van der Waals surface area contributed by atoms with Crippen molar-refractivity contribution in [1.82, 2.24) is 10.2 Å². The number of sulfone groups is 1. The lowest BCUT2D eigenvalue weighted by atomic mass is 9.33. The number of carbonyl (C=O) groups is 1. The third-order valence-electron chi connectivity index (χ3n) is 18.4. The van der Waals surface area contributed by atoms with Crippen molar-refractivity contribution in [2.24, 2.45) is 51.2 Å². The minimum Gasteiger partial charge on any atom is -0.459 e. The number of fused-ring (bicyclic) bond motifs is 7. The zero-order chi connectivity index (χ0) is 40.6. The van der Waals surface area contributed by atoms with Gasteiger partial charge in [-0.05, 0) is 146 Å². The first-order valence-corrected chi connectivity index (χ1v) is 24.4. The quantitative estimate of drug-likeness (QED) is 0.191. The molecule has 1 aromatic rings. The number of hydrogen-bond acceptors (Lipinski definition) is 7. The predicted molar refractivity (Wildman–Crippen MR) is 229 cm³/mol. The number of carbonyl (C=O) groups excluding carboxylic acids is 1. The van der Waals surface area contributed by atoms with Gasteiger partial charge >= 0.3 is 5.97 Å². The Morgan fingerprint density at radius 3 is 2.32 bits per heavy atom. The number of allylic oxidation sites excluding steroid dienone is 4. The highest BCUT2D eigenvalue weighted by atomic mass is 32.2. The average molecular weight is 801 g/mol. The monoisotopic (exact) mass is 801 g/mol. The minimum absolute atomic E-state index is 0.00186. The maximum Gasteiger partial charge on any atom is 0.338 e. The van der Waals surface area contributed by atoms with E-state index in [0.29, 0.717) is 73.4 Å². The van der Waals surface area contributed by atoms with E-state index in [0.717, 1.165) is 25.1 Å². The van der Waals surface area contributed by atoms with Gasteiger partial charge in [0, 0.05) is 38.1 Å². The molecule has 2 N–H and O–H groups in total. The van der Waals surface area contributed by atoms with Crippen LogP contribution < -0.4 is 5.32 Å². The van der Waals surface area contributed by atoms with Gasteiger partial charge in [0.05, 0.1) is 11.5 Å². The molecule has 57 heavy (non-hydrogen) atoms. The van der Waals surface area contributed by atoms with Crippen molar-refractivity contribution < 1.29 is 23.1 Å². The fourth-order valence-electron chi connectivity index (χ4n) is 15.2. The first-order valence-electron chi connectivity index (χ1n) is 22.5. The van der Waals surface area contributed by atoms with Crippen LogP contribution in [0.25, 0.3) is 0 Å². The van der Waals surface area contributed by atoms with Crippen molar-refractivity contribution in [1.29, 1.82) is 0 Å². The molecule has 0 bridgehead atoms. The molecular weight excluding hydrogens is 729 g/mol. The molecule has 0 spiro atoms. The summed E-state index contributed by atoms with van der Waals surface area (Å²) in [7, 11) is -2.87. The Kier molecular flexibility index (Phi) is 10.7. The summed E-state index contributed by atoms with van der Waals surface area (Å²) >= 11 is 0. The second-order valence-electron chi connectivity index (χ2n) is 21.3. The molecule has 8 heteroatoms. The van der Waals surface area contributed by atoms with Gasteiger partial charge in [0.1, 0.15) is 6.61 Å². The molecular formula is C49H72N2O5S. The molecule has 314 valence electrons. The first-order chi connectivity index (χ1) is 26.9. The Balaban J connectivity index is 0.989. The molecule has 1 aliphatic heterocycles. The molecule has 6 aliphatic carbocycles. The molecule has 10 atom stereocenters. The van der Waals surface area contributed by atoms with Gasteiger partial charge in [-0.2, -0.15) is 0 Å². The molecule has 10 unspecified atom stereocenters. The minimum atomic E-state index is -2.87. The lowest BCUT2D eigenvalue weighted by Crippen LogP contribution is -2.68. The van der Waals surface area contributed by atoms with Gasteiger partial charge < -0.3 is 20.1 Å². The molecule has 0 amide bonds. The summed E-state index contributed by atoms with van der Waals surface area (Å²) in [6.45, 7) is 23.3. The summed E-state index contributed by atoms with van der Waals surface area (Å²) in [5.41, 5.74) is 4.47. The van der Waals surface area contributed by atoms with Crippen LogP contribution in [-0.2, 0) is 26.0 Å². The van der Waals surface area contributed by atoms with E-state index in [1.165, 1.54) is 68.1 Å². The number of esters is 1. The van der Waals surface area contributed by atoms with Crippen molar-refractivity contribution in [2.75, 3.05) is 37.7 Å². The summed E-state index contributed by atoms with van der Waals surface area (Å²) in [5.74, 6) is 3.13. The van der Waals surface area contributed by atoms with Crippen LogP contribution in [0, 0.1) is 51.2 Å². The van der Waals surface area contributed by atoms with E-state index in [4.69, 9.17) is 4.74 Å². The average Bonchev–Trinajstić information content (AvgIpc) is 3.56. The van der Waals surface area contributed by atoms with Gasteiger partial charge in [-0.3, -0.25) is 0 Å². The van der Waals surface area contributed by atoms with E-state index in [1.54, 1.807) is 0 Å². The maximum atomic E-state index is 13.1. The highest BCUT2D eigenvalue weighted by molar-refractivity contribution is 7.91. The van der Waals surface area contributed by atoms with Crippen molar-refractivity contribution in [3.05, 3.63) is 71.3 Å². The fourth-order valence-corrected chi connectivity index (χ4v) is 16.4. The number of nitrogens with zero attached hydrogens (tertiary/aromatic N) is 1. The molecule has 1 saturated heterocycles. The van der Waals surface area contributed by atoms with Crippen LogP contribution in [0.2, 0.25) is 0 Å². The standard InChI is InChI=1S/C49H72N2O5S/c1-34(2)37-17-22-48(50-27-28-51-29-31-57(54,55)32-30-51)26-25-46(6)39(42(37)48)13-14-41-45(5)20-18-38(44(3,4)40(45)19-21-47(41,46)7)36-15-23-49(53,24-16-36)43(52)56-33-35-11-9-8-10-12-35/h8-12,15,18,37,39-42,50,53H,1,13-14,16-17,19-33H2,2-7H3. The third kappa shape index (κ3) is 6.87. The Morgan fingerprint density at radius 2 is 1.63 bits per heavy atom. The Labute approximate surface area is 344 Å². The molecule has 1 aromatic carbocycles. The number of aliphatic hydroxyl groups is 1. The summed E-state index contributed by atoms with van der Waals surface area (Å²) in [4.78, 5) is 15.5. The molecule has 1 heterocycles. The summed E-state index contributed by atoms with van der Waals surface area (Å²) < 4.78 is 29.8. The molecule has 0 aromatic heterocycles. The van der Waals surface area contributed by atoms with E-state index in [2.05, 4.69) is 70.5 Å². The van der Waals surface area contributed by atoms with Crippen molar-refractivity contribution >= 4 is 15.8 Å².